The maximum Gasteiger partial charge on any atom is 0.505 e. The number of carbonyl (C=O) groups is 2. The molecule has 3 N–H and O–H groups in total. The predicted octanol–water partition coefficient (Wildman–Crippen LogP) is 2.65. The molecule has 9 heteroatoms. The number of alkyl carbamates (subject to hydrolysis) is 1. The Bertz CT molecular complexity index is 440. The van der Waals surface area contributed by atoms with Crippen LogP contribution in [0.5, 0.6) is 0 Å². The van der Waals surface area contributed by atoms with Gasteiger partial charge in [-0.3, -0.25) is 10.1 Å². The lowest BCUT2D eigenvalue weighted by Crippen LogP contribution is -2.36. The molecule has 25 heavy (non-hydrogen) atoms. The van der Waals surface area contributed by atoms with E-state index in [1.165, 1.54) is 0 Å². The summed E-state index contributed by atoms with van der Waals surface area (Å²) in [5, 5.41) is 12.0. The predicted molar refractivity (Wildman–Crippen MR) is 90.9 cm³/mol. The van der Waals surface area contributed by atoms with Gasteiger partial charge in [0.05, 0.1) is 5.92 Å². The molecule has 0 radical (unpaired) electrons. The summed E-state index contributed by atoms with van der Waals surface area (Å²) in [5.41, 5.74) is 0. The topological polar surface area (TPSA) is 122 Å². The molecule has 3 atom stereocenters. The zero-order chi connectivity index (χ0) is 18.7. The van der Waals surface area contributed by atoms with Gasteiger partial charge in [-0.2, -0.15) is 4.89 Å². The van der Waals surface area contributed by atoms with Crippen LogP contribution in [-0.4, -0.2) is 41.2 Å². The summed E-state index contributed by atoms with van der Waals surface area (Å²) in [6, 6.07) is 0. The Labute approximate surface area is 149 Å². The van der Waals surface area contributed by atoms with E-state index in [2.05, 4.69) is 5.32 Å². The highest BCUT2D eigenvalue weighted by Gasteiger charge is 2.23. The number of ether oxygens (including phenoxy) is 2. The summed E-state index contributed by atoms with van der Waals surface area (Å²) in [6.45, 7) is 1.45. The number of amides is 1. The molecule has 1 saturated carbocycles. The van der Waals surface area contributed by atoms with Crippen molar-refractivity contribution in [3.8, 4) is 0 Å². The number of aliphatic hydroxyl groups is 1. The van der Waals surface area contributed by atoms with Crippen LogP contribution in [0.4, 0.5) is 4.79 Å². The van der Waals surface area contributed by atoms with Crippen molar-refractivity contribution in [3.05, 3.63) is 0 Å². The maximum atomic E-state index is 11.8. The van der Waals surface area contributed by atoms with Gasteiger partial charge in [-0.25, -0.2) is 4.79 Å². The summed E-state index contributed by atoms with van der Waals surface area (Å²) >= 11 is 0. The van der Waals surface area contributed by atoms with Crippen molar-refractivity contribution in [1.82, 2.24) is 5.32 Å². The number of rotatable bonds is 10. The molecule has 0 aliphatic heterocycles. The molecule has 144 valence electrons. The molecule has 1 aliphatic rings. The van der Waals surface area contributed by atoms with Gasteiger partial charge in [0.15, 0.2) is 6.16 Å². The van der Waals surface area contributed by atoms with Crippen molar-refractivity contribution >= 4 is 20.1 Å². The average Bonchev–Trinajstić information content (AvgIpc) is 2.58. The van der Waals surface area contributed by atoms with E-state index in [-0.39, 0.29) is 24.0 Å². The lowest BCUT2D eigenvalue weighted by atomic mass is 9.89. The second kappa shape index (κ2) is 12.2. The molecule has 1 fully saturated rings. The second-order valence-electron chi connectivity index (χ2n) is 6.56. The molecule has 0 saturated heterocycles. The van der Waals surface area contributed by atoms with Crippen LogP contribution in [0.25, 0.3) is 0 Å². The summed E-state index contributed by atoms with van der Waals surface area (Å²) in [4.78, 5) is 32.0. The van der Waals surface area contributed by atoms with E-state index in [4.69, 9.17) is 14.4 Å². The van der Waals surface area contributed by atoms with Crippen molar-refractivity contribution in [2.24, 2.45) is 11.8 Å². The van der Waals surface area contributed by atoms with E-state index >= 15 is 0 Å². The van der Waals surface area contributed by atoms with Gasteiger partial charge >= 0.3 is 20.1 Å². The van der Waals surface area contributed by atoms with E-state index in [9.17, 15) is 19.3 Å². The van der Waals surface area contributed by atoms with Crippen LogP contribution >= 0.6 is 8.03 Å². The van der Waals surface area contributed by atoms with Crippen molar-refractivity contribution in [2.75, 3.05) is 13.0 Å². The number of hydrogen-bond donors (Lipinski definition) is 3. The Morgan fingerprint density at radius 2 is 1.84 bits per heavy atom. The van der Waals surface area contributed by atoms with Crippen molar-refractivity contribution in [3.63, 3.8) is 0 Å². The highest BCUT2D eigenvalue weighted by Crippen LogP contribution is 2.24. The smallest absolute Gasteiger partial charge is 0.428 e. The van der Waals surface area contributed by atoms with Gasteiger partial charge in [-0.15, -0.1) is 0 Å². The normalized spacial score (nSPS) is 18.1. The summed E-state index contributed by atoms with van der Waals surface area (Å²) < 4.78 is 20.3. The fourth-order valence-corrected chi connectivity index (χ4v) is 3.43. The standard InChI is InChI=1S/C16H28NO7P/c1-12(9-10-25(21)22)7-8-14(18)17-16(20)24-11-23-15(19)13-5-3-2-4-6-13/h12-14,18H,2-11H2,1H3,(H-,17,20,21,22)/p+1. The van der Waals surface area contributed by atoms with Gasteiger partial charge in [0.25, 0.3) is 0 Å². The number of hydrogen-bond acceptors (Lipinski definition) is 6. The van der Waals surface area contributed by atoms with Gasteiger partial charge in [0.2, 0.25) is 6.79 Å². The minimum Gasteiger partial charge on any atom is -0.428 e. The van der Waals surface area contributed by atoms with E-state index < -0.39 is 27.1 Å². The van der Waals surface area contributed by atoms with Crippen molar-refractivity contribution in [1.29, 1.82) is 0 Å². The molecule has 1 rings (SSSR count). The summed E-state index contributed by atoms with van der Waals surface area (Å²) in [7, 11) is -2.13. The Hall–Kier alpha value is -1.24. The minimum atomic E-state index is -2.13. The monoisotopic (exact) mass is 378 g/mol. The average molecular weight is 378 g/mol. The third kappa shape index (κ3) is 10.4. The molecular formula is C16H29NO7P+. The number of aliphatic hydroxyl groups excluding tert-OH is 1. The molecule has 8 nitrogen and oxygen atoms in total. The molecule has 1 amide bonds. The van der Waals surface area contributed by atoms with Gasteiger partial charge in [0.1, 0.15) is 6.23 Å². The molecule has 0 spiro atoms. The molecular weight excluding hydrogens is 349 g/mol. The number of esters is 1. The molecule has 0 aromatic carbocycles. The van der Waals surface area contributed by atoms with Crippen molar-refractivity contribution < 1.29 is 33.6 Å². The minimum absolute atomic E-state index is 0.110. The molecule has 0 aromatic heterocycles. The van der Waals surface area contributed by atoms with E-state index in [1.54, 1.807) is 0 Å². The van der Waals surface area contributed by atoms with Crippen LogP contribution < -0.4 is 5.32 Å². The first-order chi connectivity index (χ1) is 11.9. The Balaban J connectivity index is 2.10. The quantitative estimate of drug-likeness (QED) is 0.303. The first kappa shape index (κ1) is 21.8. The first-order valence-electron chi connectivity index (χ1n) is 8.80. The van der Waals surface area contributed by atoms with Crippen LogP contribution in [0.15, 0.2) is 0 Å². The highest BCUT2D eigenvalue weighted by molar-refractivity contribution is 7.37. The third-order valence-corrected chi connectivity index (χ3v) is 5.00. The Kier molecular flexibility index (Phi) is 10.6. The fraction of sp³-hybridized carbons (Fsp3) is 0.875. The van der Waals surface area contributed by atoms with Gasteiger partial charge in [0, 0.05) is 0 Å². The lowest BCUT2D eigenvalue weighted by Gasteiger charge is -2.20. The first-order valence-corrected chi connectivity index (χ1v) is 10.2. The van der Waals surface area contributed by atoms with E-state index in [0.717, 1.165) is 32.1 Å². The van der Waals surface area contributed by atoms with Crippen LogP contribution in [0, 0.1) is 11.8 Å². The van der Waals surface area contributed by atoms with Crippen molar-refractivity contribution in [2.45, 2.75) is 64.5 Å². The largest absolute Gasteiger partial charge is 0.505 e. The number of carbonyl (C=O) groups excluding carboxylic acids is 2. The lowest BCUT2D eigenvalue weighted by molar-refractivity contribution is -0.158. The fourth-order valence-electron chi connectivity index (χ4n) is 2.76. The summed E-state index contributed by atoms with van der Waals surface area (Å²) in [6.07, 6.45) is 4.58. The zero-order valence-corrected chi connectivity index (χ0v) is 15.6. The van der Waals surface area contributed by atoms with Crippen LogP contribution in [0.2, 0.25) is 0 Å². The molecule has 0 heterocycles. The van der Waals surface area contributed by atoms with Gasteiger partial charge in [-0.05, 0) is 42.6 Å². The summed E-state index contributed by atoms with van der Waals surface area (Å²) in [5.74, 6) is -0.291. The Morgan fingerprint density at radius 3 is 2.48 bits per heavy atom. The van der Waals surface area contributed by atoms with Crippen LogP contribution in [0.1, 0.15) is 58.3 Å². The SMILES string of the molecule is CC(CCC(O)NC(=O)OCOC(=O)C1CCCCC1)CC[P+](=O)O. The maximum absolute atomic E-state index is 11.8. The van der Waals surface area contributed by atoms with Gasteiger partial charge in [-0.1, -0.05) is 26.2 Å². The van der Waals surface area contributed by atoms with Crippen LogP contribution in [0.3, 0.4) is 0 Å². The Morgan fingerprint density at radius 1 is 1.16 bits per heavy atom. The van der Waals surface area contributed by atoms with E-state index in [0.29, 0.717) is 19.3 Å². The van der Waals surface area contributed by atoms with E-state index in [1.807, 2.05) is 6.92 Å². The third-order valence-electron chi connectivity index (χ3n) is 4.36. The number of nitrogens with one attached hydrogen (secondary N) is 1. The molecule has 1 aliphatic carbocycles. The molecule has 0 aromatic rings. The molecule has 3 unspecified atom stereocenters. The zero-order valence-electron chi connectivity index (χ0n) is 14.7. The highest BCUT2D eigenvalue weighted by atomic mass is 31.1. The molecule has 0 bridgehead atoms. The second-order valence-corrected chi connectivity index (χ2v) is 7.71. The van der Waals surface area contributed by atoms with Gasteiger partial charge < -0.3 is 14.6 Å². The van der Waals surface area contributed by atoms with Crippen LogP contribution in [-0.2, 0) is 18.8 Å².